The predicted octanol–water partition coefficient (Wildman–Crippen LogP) is 4.32. The molecule has 0 aromatic rings. The largest absolute Gasteiger partial charge is 0.423 e. The van der Waals surface area contributed by atoms with Crippen LogP contribution in [0.4, 0.5) is 0 Å². The highest BCUT2D eigenvalue weighted by atomic mass is 16.7. The van der Waals surface area contributed by atoms with Crippen LogP contribution < -0.4 is 0 Å². The fraction of sp³-hybridized carbons (Fsp3) is 0.778. The normalized spacial score (nSPS) is 49.5. The summed E-state index contributed by atoms with van der Waals surface area (Å²) in [5.74, 6) is -1.10. The van der Waals surface area contributed by atoms with Crippen molar-refractivity contribution in [2.24, 2.45) is 39.4 Å². The number of hydrogen-bond acceptors (Lipinski definition) is 5. The van der Waals surface area contributed by atoms with E-state index in [0.29, 0.717) is 29.6 Å². The minimum absolute atomic E-state index is 0.0114. The summed E-state index contributed by atoms with van der Waals surface area (Å²) in [5, 5.41) is 19.9. The summed E-state index contributed by atoms with van der Waals surface area (Å²) in [6, 6.07) is 0. The van der Waals surface area contributed by atoms with Crippen molar-refractivity contribution in [1.29, 1.82) is 0 Å². The van der Waals surface area contributed by atoms with E-state index in [1.807, 2.05) is 0 Å². The summed E-state index contributed by atoms with van der Waals surface area (Å²) in [4.78, 5) is 25.4. The van der Waals surface area contributed by atoms with Gasteiger partial charge in [-0.15, -0.1) is 0 Å². The van der Waals surface area contributed by atoms with Crippen LogP contribution in [0.5, 0.6) is 0 Å². The van der Waals surface area contributed by atoms with Gasteiger partial charge in [0.1, 0.15) is 12.4 Å². The quantitative estimate of drug-likeness (QED) is 0.491. The van der Waals surface area contributed by atoms with Crippen LogP contribution in [-0.2, 0) is 14.3 Å². The summed E-state index contributed by atoms with van der Waals surface area (Å²) in [6.45, 7) is 10.8. The average molecular weight is 443 g/mol. The first kappa shape index (κ1) is 22.3. The second kappa shape index (κ2) is 6.56. The average Bonchev–Trinajstić information content (AvgIpc) is 3.18. The molecule has 2 N–H and O–H groups in total. The number of hydrogen-bond donors (Lipinski definition) is 2. The molecule has 5 aliphatic rings. The summed E-state index contributed by atoms with van der Waals surface area (Å²) >= 11 is 0. The van der Waals surface area contributed by atoms with Gasteiger partial charge in [0.05, 0.1) is 0 Å². The molecule has 0 bridgehead atoms. The SMILES string of the molecule is CC1(C)C(=O)CC[C@]2(C)[C@H]3CC[C@@]4(C)[C@H](C5=CC(O)(CO)OC5=O)CC[C@]4(C)C3=CC[C@@H]12. The van der Waals surface area contributed by atoms with Gasteiger partial charge in [0, 0.05) is 17.4 Å². The van der Waals surface area contributed by atoms with Crippen LogP contribution in [0.15, 0.2) is 23.3 Å². The highest BCUT2D eigenvalue weighted by Crippen LogP contribution is 2.73. The van der Waals surface area contributed by atoms with Crippen molar-refractivity contribution in [2.45, 2.75) is 85.4 Å². The summed E-state index contributed by atoms with van der Waals surface area (Å²) < 4.78 is 5.13. The molecule has 1 heterocycles. The molecule has 5 heteroatoms. The van der Waals surface area contributed by atoms with Crippen molar-refractivity contribution in [3.8, 4) is 0 Å². The molecule has 7 atom stereocenters. The van der Waals surface area contributed by atoms with E-state index in [4.69, 9.17) is 4.74 Å². The van der Waals surface area contributed by atoms with E-state index in [1.165, 1.54) is 6.08 Å². The van der Waals surface area contributed by atoms with Crippen LogP contribution in [0.1, 0.15) is 79.6 Å². The topological polar surface area (TPSA) is 83.8 Å². The Morgan fingerprint density at radius 3 is 2.38 bits per heavy atom. The molecule has 0 spiro atoms. The van der Waals surface area contributed by atoms with E-state index in [9.17, 15) is 19.8 Å². The number of carbonyl (C=O) groups excluding carboxylic acids is 2. The lowest BCUT2D eigenvalue weighted by Gasteiger charge is -2.63. The van der Waals surface area contributed by atoms with Crippen LogP contribution >= 0.6 is 0 Å². The van der Waals surface area contributed by atoms with E-state index in [2.05, 4.69) is 40.7 Å². The van der Waals surface area contributed by atoms with E-state index in [1.54, 1.807) is 5.57 Å². The lowest BCUT2D eigenvalue weighted by atomic mass is 9.41. The van der Waals surface area contributed by atoms with E-state index >= 15 is 0 Å². The van der Waals surface area contributed by atoms with Crippen LogP contribution in [0.25, 0.3) is 0 Å². The number of aliphatic hydroxyl groups excluding tert-OH is 1. The van der Waals surface area contributed by atoms with Gasteiger partial charge in [0.15, 0.2) is 0 Å². The Kier molecular flexibility index (Phi) is 4.58. The monoisotopic (exact) mass is 442 g/mol. The standard InChI is InChI=1S/C27H38O5/c1-23(2)20-7-6-19-18(24(20,3)11-10-21(23)29)9-13-25(4)17(8-12-26(19,25)5)16-14-27(31,15-28)32-22(16)30/h6,14,17-18,20,28,31H,7-13,15H2,1-5H3/t17-,18-,20-,24+,25-,26+,27?/m0/s1. The summed E-state index contributed by atoms with van der Waals surface area (Å²) in [6.07, 6.45) is 10.5. The van der Waals surface area contributed by atoms with Gasteiger partial charge >= 0.3 is 5.97 Å². The van der Waals surface area contributed by atoms with Gasteiger partial charge in [-0.3, -0.25) is 4.79 Å². The first-order chi connectivity index (χ1) is 14.8. The number of carbonyl (C=O) groups is 2. The molecule has 0 aromatic heterocycles. The zero-order valence-electron chi connectivity index (χ0n) is 20.2. The van der Waals surface area contributed by atoms with Gasteiger partial charge in [0.25, 0.3) is 5.79 Å². The lowest BCUT2D eigenvalue weighted by molar-refractivity contribution is -0.189. The Morgan fingerprint density at radius 1 is 1.03 bits per heavy atom. The smallest absolute Gasteiger partial charge is 0.337 e. The third-order valence-corrected chi connectivity index (χ3v) is 11.1. The van der Waals surface area contributed by atoms with Gasteiger partial charge < -0.3 is 14.9 Å². The molecule has 5 rings (SSSR count). The van der Waals surface area contributed by atoms with Gasteiger partial charge in [-0.05, 0) is 78.6 Å². The van der Waals surface area contributed by atoms with Gasteiger partial charge in [-0.2, -0.15) is 0 Å². The Hall–Kier alpha value is -1.46. The Morgan fingerprint density at radius 2 is 1.72 bits per heavy atom. The van der Waals surface area contributed by atoms with Crippen molar-refractivity contribution in [3.05, 3.63) is 23.3 Å². The van der Waals surface area contributed by atoms with Crippen molar-refractivity contribution >= 4 is 11.8 Å². The Balaban J connectivity index is 1.54. The predicted molar refractivity (Wildman–Crippen MR) is 120 cm³/mol. The molecule has 0 aromatic carbocycles. The zero-order chi connectivity index (χ0) is 23.3. The minimum Gasteiger partial charge on any atom is -0.423 e. The third kappa shape index (κ3) is 2.58. The molecule has 3 fully saturated rings. The highest BCUT2D eigenvalue weighted by molar-refractivity contribution is 5.92. The second-order valence-electron chi connectivity index (χ2n) is 12.5. The molecule has 5 nitrogen and oxygen atoms in total. The molecule has 32 heavy (non-hydrogen) atoms. The molecule has 4 aliphatic carbocycles. The van der Waals surface area contributed by atoms with Crippen LogP contribution in [-0.4, -0.2) is 34.4 Å². The fourth-order valence-electron chi connectivity index (χ4n) is 8.88. The molecule has 176 valence electrons. The van der Waals surface area contributed by atoms with Gasteiger partial charge in [0.2, 0.25) is 0 Å². The summed E-state index contributed by atoms with van der Waals surface area (Å²) in [5.41, 5.74) is 1.80. The molecule has 0 amide bonds. The molecular formula is C27H38O5. The number of aliphatic hydroxyl groups is 2. The third-order valence-electron chi connectivity index (χ3n) is 11.1. The number of esters is 1. The number of fused-ring (bicyclic) bond motifs is 5. The number of allylic oxidation sites excluding steroid dienone is 2. The first-order valence-corrected chi connectivity index (χ1v) is 12.4. The van der Waals surface area contributed by atoms with Crippen molar-refractivity contribution in [3.63, 3.8) is 0 Å². The van der Waals surface area contributed by atoms with Crippen molar-refractivity contribution in [2.75, 3.05) is 6.61 Å². The minimum atomic E-state index is -1.88. The molecule has 1 unspecified atom stereocenters. The van der Waals surface area contributed by atoms with Crippen LogP contribution in [0.2, 0.25) is 0 Å². The molecule has 0 radical (unpaired) electrons. The van der Waals surface area contributed by atoms with Crippen molar-refractivity contribution in [1.82, 2.24) is 0 Å². The van der Waals surface area contributed by atoms with Crippen LogP contribution in [0.3, 0.4) is 0 Å². The number of Topliss-reactive ketones (excluding diaryl/α,β-unsaturated/α-hetero) is 1. The number of ether oxygens (including phenoxy) is 1. The van der Waals surface area contributed by atoms with Gasteiger partial charge in [-0.25, -0.2) is 4.79 Å². The second-order valence-corrected chi connectivity index (χ2v) is 12.5. The Labute approximate surface area is 191 Å². The molecular weight excluding hydrogens is 404 g/mol. The number of ketones is 1. The van der Waals surface area contributed by atoms with Crippen LogP contribution in [0, 0.1) is 39.4 Å². The molecule has 0 saturated heterocycles. The Bertz CT molecular complexity index is 946. The first-order valence-electron chi connectivity index (χ1n) is 12.4. The summed E-state index contributed by atoms with van der Waals surface area (Å²) in [7, 11) is 0. The van der Waals surface area contributed by atoms with E-state index in [0.717, 1.165) is 38.5 Å². The van der Waals surface area contributed by atoms with E-state index < -0.39 is 18.4 Å². The highest BCUT2D eigenvalue weighted by Gasteiger charge is 2.66. The maximum Gasteiger partial charge on any atom is 0.337 e. The number of cyclic esters (lactones) is 1. The zero-order valence-corrected chi connectivity index (χ0v) is 20.2. The molecule has 3 saturated carbocycles. The van der Waals surface area contributed by atoms with E-state index in [-0.39, 0.29) is 27.6 Å². The van der Waals surface area contributed by atoms with Gasteiger partial charge in [-0.1, -0.05) is 46.3 Å². The van der Waals surface area contributed by atoms with Crippen molar-refractivity contribution < 1.29 is 24.5 Å². The fourth-order valence-corrected chi connectivity index (χ4v) is 8.88. The maximum atomic E-state index is 12.8. The molecule has 1 aliphatic heterocycles. The maximum absolute atomic E-state index is 12.8. The number of rotatable bonds is 2. The lowest BCUT2D eigenvalue weighted by Crippen LogP contribution is -2.57.